The summed E-state index contributed by atoms with van der Waals surface area (Å²) in [5.41, 5.74) is 7.78. The van der Waals surface area contributed by atoms with Crippen LogP contribution in [-0.2, 0) is 0 Å². The molecule has 0 radical (unpaired) electrons. The van der Waals surface area contributed by atoms with Gasteiger partial charge < -0.3 is 10.8 Å². The van der Waals surface area contributed by atoms with Crippen molar-refractivity contribution in [3.05, 3.63) is 39.0 Å². The van der Waals surface area contributed by atoms with Crippen molar-refractivity contribution in [3.63, 3.8) is 0 Å². The Balaban J connectivity index is 2.64. The molecule has 0 aliphatic heterocycles. The van der Waals surface area contributed by atoms with Crippen molar-refractivity contribution >= 4 is 34.6 Å². The van der Waals surface area contributed by atoms with E-state index in [1.807, 2.05) is 19.1 Å². The minimum Gasteiger partial charge on any atom is -0.477 e. The van der Waals surface area contributed by atoms with Crippen molar-refractivity contribution in [1.29, 1.82) is 0 Å². The first kappa shape index (κ1) is 12.0. The number of hydrogen-bond acceptors (Lipinski definition) is 3. The third-order valence-corrected chi connectivity index (χ3v) is 3.77. The van der Waals surface area contributed by atoms with E-state index in [2.05, 4.69) is 0 Å². The van der Waals surface area contributed by atoms with Crippen LogP contribution >= 0.6 is 22.9 Å². The van der Waals surface area contributed by atoms with Gasteiger partial charge >= 0.3 is 5.97 Å². The lowest BCUT2D eigenvalue weighted by atomic mass is 10.0. The molecule has 0 atom stereocenters. The van der Waals surface area contributed by atoms with Crippen LogP contribution in [0.25, 0.3) is 11.1 Å². The van der Waals surface area contributed by atoms with Gasteiger partial charge in [-0.3, -0.25) is 0 Å². The van der Waals surface area contributed by atoms with E-state index < -0.39 is 5.97 Å². The van der Waals surface area contributed by atoms with Crippen LogP contribution < -0.4 is 5.73 Å². The third-order valence-electron chi connectivity index (χ3n) is 2.43. The van der Waals surface area contributed by atoms with Crippen molar-refractivity contribution in [3.8, 4) is 11.1 Å². The fraction of sp³-hybridized carbons (Fsp3) is 0.0833. The van der Waals surface area contributed by atoms with E-state index in [1.165, 1.54) is 11.3 Å². The second-order valence-electron chi connectivity index (χ2n) is 3.59. The molecule has 2 aromatic rings. The number of benzene rings is 1. The zero-order valence-corrected chi connectivity index (χ0v) is 10.6. The average molecular weight is 268 g/mol. The molecule has 17 heavy (non-hydrogen) atoms. The molecule has 1 aromatic carbocycles. The van der Waals surface area contributed by atoms with E-state index in [0.29, 0.717) is 10.7 Å². The minimum atomic E-state index is -0.996. The van der Waals surface area contributed by atoms with Gasteiger partial charge in [-0.1, -0.05) is 23.7 Å². The molecule has 1 aromatic heterocycles. The van der Waals surface area contributed by atoms with Crippen LogP contribution in [0.2, 0.25) is 5.02 Å². The third kappa shape index (κ3) is 2.14. The van der Waals surface area contributed by atoms with Crippen molar-refractivity contribution in [2.24, 2.45) is 0 Å². The number of carboxylic acids is 1. The standard InChI is InChI=1S/C12H10ClNO2S/c1-6-9(7-3-2-4-8(13)5-7)10(14)11(17-6)12(15)16/h2-5H,14H2,1H3,(H,15,16). The number of nitrogen functional groups attached to an aromatic ring is 1. The normalized spacial score (nSPS) is 10.5. The van der Waals surface area contributed by atoms with E-state index in [0.717, 1.165) is 16.0 Å². The zero-order valence-electron chi connectivity index (χ0n) is 9.03. The average Bonchev–Trinajstić information content (AvgIpc) is 2.54. The van der Waals surface area contributed by atoms with Gasteiger partial charge in [0.25, 0.3) is 0 Å². The Morgan fingerprint density at radius 1 is 1.47 bits per heavy atom. The molecule has 3 N–H and O–H groups in total. The quantitative estimate of drug-likeness (QED) is 0.873. The molecule has 0 saturated carbocycles. The Hall–Kier alpha value is -1.52. The molecule has 88 valence electrons. The summed E-state index contributed by atoms with van der Waals surface area (Å²) in [5.74, 6) is -0.996. The predicted molar refractivity (Wildman–Crippen MR) is 70.9 cm³/mol. The van der Waals surface area contributed by atoms with Gasteiger partial charge in [-0.05, 0) is 24.6 Å². The van der Waals surface area contributed by atoms with Crippen molar-refractivity contribution in [2.75, 3.05) is 5.73 Å². The van der Waals surface area contributed by atoms with Crippen molar-refractivity contribution in [2.45, 2.75) is 6.92 Å². The van der Waals surface area contributed by atoms with Gasteiger partial charge in [0.05, 0.1) is 5.69 Å². The number of thiophene rings is 1. The van der Waals surface area contributed by atoms with Crippen LogP contribution in [0, 0.1) is 6.92 Å². The zero-order chi connectivity index (χ0) is 12.6. The summed E-state index contributed by atoms with van der Waals surface area (Å²) < 4.78 is 0. The maximum atomic E-state index is 11.0. The van der Waals surface area contributed by atoms with Gasteiger partial charge in [-0.15, -0.1) is 11.3 Å². The molecule has 0 spiro atoms. The molecule has 2 rings (SSSR count). The fourth-order valence-corrected chi connectivity index (χ4v) is 2.85. The summed E-state index contributed by atoms with van der Waals surface area (Å²) >= 11 is 7.10. The monoisotopic (exact) mass is 267 g/mol. The lowest BCUT2D eigenvalue weighted by Crippen LogP contribution is -1.98. The Labute approximate surface area is 107 Å². The van der Waals surface area contributed by atoms with E-state index in [1.54, 1.807) is 12.1 Å². The molecule has 0 aliphatic rings. The second kappa shape index (κ2) is 4.39. The molecule has 0 bridgehead atoms. The topological polar surface area (TPSA) is 63.3 Å². The van der Waals surface area contributed by atoms with Gasteiger partial charge in [0.2, 0.25) is 0 Å². The van der Waals surface area contributed by atoms with Crippen LogP contribution in [0.5, 0.6) is 0 Å². The highest BCUT2D eigenvalue weighted by Crippen LogP contribution is 2.39. The van der Waals surface area contributed by atoms with E-state index in [-0.39, 0.29) is 4.88 Å². The molecule has 0 fully saturated rings. The maximum Gasteiger partial charge on any atom is 0.348 e. The van der Waals surface area contributed by atoms with Crippen LogP contribution in [0.15, 0.2) is 24.3 Å². The lowest BCUT2D eigenvalue weighted by Gasteiger charge is -2.03. The second-order valence-corrected chi connectivity index (χ2v) is 5.25. The number of carboxylic acid groups (broad SMARTS) is 1. The molecule has 0 unspecified atom stereocenters. The first-order chi connectivity index (χ1) is 8.00. The number of hydrogen-bond donors (Lipinski definition) is 2. The van der Waals surface area contributed by atoms with Gasteiger partial charge in [-0.25, -0.2) is 4.79 Å². The van der Waals surface area contributed by atoms with E-state index >= 15 is 0 Å². The molecule has 0 saturated heterocycles. The SMILES string of the molecule is Cc1sc(C(=O)O)c(N)c1-c1cccc(Cl)c1. The molecule has 0 amide bonds. The highest BCUT2D eigenvalue weighted by atomic mass is 35.5. The van der Waals surface area contributed by atoms with Gasteiger partial charge in [-0.2, -0.15) is 0 Å². The Bertz CT molecular complexity index is 592. The molecule has 0 aliphatic carbocycles. The van der Waals surface area contributed by atoms with Crippen LogP contribution in [-0.4, -0.2) is 11.1 Å². The molecule has 1 heterocycles. The largest absolute Gasteiger partial charge is 0.477 e. The number of aromatic carboxylic acids is 1. The van der Waals surface area contributed by atoms with Crippen molar-refractivity contribution < 1.29 is 9.90 Å². The molecular weight excluding hydrogens is 258 g/mol. The number of rotatable bonds is 2. The molecule has 5 heteroatoms. The summed E-state index contributed by atoms with van der Waals surface area (Å²) in [6, 6.07) is 7.22. The summed E-state index contributed by atoms with van der Waals surface area (Å²) in [6.07, 6.45) is 0. The summed E-state index contributed by atoms with van der Waals surface area (Å²) in [5, 5.41) is 9.61. The highest BCUT2D eigenvalue weighted by Gasteiger charge is 2.19. The fourth-order valence-electron chi connectivity index (χ4n) is 1.72. The van der Waals surface area contributed by atoms with Crippen molar-refractivity contribution in [1.82, 2.24) is 0 Å². The van der Waals surface area contributed by atoms with Gasteiger partial charge in [0.15, 0.2) is 0 Å². The van der Waals surface area contributed by atoms with E-state index in [4.69, 9.17) is 22.4 Å². The van der Waals surface area contributed by atoms with Crippen LogP contribution in [0.1, 0.15) is 14.5 Å². The number of anilines is 1. The Morgan fingerprint density at radius 2 is 2.18 bits per heavy atom. The molecule has 3 nitrogen and oxygen atoms in total. The first-order valence-electron chi connectivity index (χ1n) is 4.89. The summed E-state index contributed by atoms with van der Waals surface area (Å²) in [7, 11) is 0. The smallest absolute Gasteiger partial charge is 0.348 e. The Morgan fingerprint density at radius 3 is 2.71 bits per heavy atom. The van der Waals surface area contributed by atoms with Gasteiger partial charge in [0.1, 0.15) is 4.88 Å². The lowest BCUT2D eigenvalue weighted by molar-refractivity contribution is 0.0703. The number of carbonyl (C=O) groups is 1. The van der Waals surface area contributed by atoms with E-state index in [9.17, 15) is 4.79 Å². The highest BCUT2D eigenvalue weighted by molar-refractivity contribution is 7.15. The number of halogens is 1. The number of aryl methyl sites for hydroxylation is 1. The first-order valence-corrected chi connectivity index (χ1v) is 6.08. The molecular formula is C12H10ClNO2S. The minimum absolute atomic E-state index is 0.178. The Kier molecular flexibility index (Phi) is 3.09. The maximum absolute atomic E-state index is 11.0. The summed E-state index contributed by atoms with van der Waals surface area (Å²) in [4.78, 5) is 12.0. The number of nitrogens with two attached hydrogens (primary N) is 1. The van der Waals surface area contributed by atoms with Gasteiger partial charge in [0, 0.05) is 15.5 Å². The predicted octanol–water partition coefficient (Wildman–Crippen LogP) is 3.66. The van der Waals surface area contributed by atoms with Crippen LogP contribution in [0.4, 0.5) is 5.69 Å². The summed E-state index contributed by atoms with van der Waals surface area (Å²) in [6.45, 7) is 1.85. The van der Waals surface area contributed by atoms with Crippen LogP contribution in [0.3, 0.4) is 0 Å².